The summed E-state index contributed by atoms with van der Waals surface area (Å²) in [5.41, 5.74) is 1.91. The Morgan fingerprint density at radius 2 is 1.67 bits per heavy atom. The van der Waals surface area contributed by atoms with Gasteiger partial charge in [-0.15, -0.1) is 0 Å². The first-order chi connectivity index (χ1) is 10.2. The van der Waals surface area contributed by atoms with E-state index in [9.17, 15) is 9.59 Å². The monoisotopic (exact) mass is 282 g/mol. The van der Waals surface area contributed by atoms with E-state index >= 15 is 0 Å². The van der Waals surface area contributed by atoms with E-state index < -0.39 is 6.03 Å². The smallest absolute Gasteiger partial charge is 0.324 e. The standard InChI is InChI=1S/C17H18N2O2/c1-14(16-10-6-3-7-11-16)19(13-20)17(21)18-12-15-8-4-2-5-9-15/h2-11,13-14H,12H2,1H3,(H,18,21). The molecule has 2 rings (SSSR count). The van der Waals surface area contributed by atoms with Gasteiger partial charge in [-0.3, -0.25) is 9.69 Å². The molecule has 1 atom stereocenters. The molecule has 4 nitrogen and oxygen atoms in total. The summed E-state index contributed by atoms with van der Waals surface area (Å²) in [6.07, 6.45) is 0.567. The number of nitrogens with one attached hydrogen (secondary N) is 1. The normalized spacial score (nSPS) is 11.5. The van der Waals surface area contributed by atoms with Gasteiger partial charge in [0.05, 0.1) is 6.04 Å². The van der Waals surface area contributed by atoms with E-state index in [0.717, 1.165) is 16.0 Å². The summed E-state index contributed by atoms with van der Waals surface area (Å²) in [5, 5.41) is 2.76. The van der Waals surface area contributed by atoms with Crippen LogP contribution in [0.2, 0.25) is 0 Å². The van der Waals surface area contributed by atoms with Crippen LogP contribution in [0.5, 0.6) is 0 Å². The largest absolute Gasteiger partial charge is 0.334 e. The molecular weight excluding hydrogens is 264 g/mol. The van der Waals surface area contributed by atoms with Crippen LogP contribution in [0.4, 0.5) is 4.79 Å². The average Bonchev–Trinajstić information content (AvgIpc) is 2.55. The molecule has 0 aliphatic carbocycles. The minimum absolute atomic E-state index is 0.306. The zero-order chi connectivity index (χ0) is 15.1. The molecule has 0 spiro atoms. The van der Waals surface area contributed by atoms with Crippen molar-refractivity contribution in [2.45, 2.75) is 19.5 Å². The molecule has 0 aromatic heterocycles. The van der Waals surface area contributed by atoms with E-state index in [1.54, 1.807) is 0 Å². The number of amides is 3. The molecule has 0 aliphatic heterocycles. The highest BCUT2D eigenvalue weighted by Gasteiger charge is 2.20. The van der Waals surface area contributed by atoms with Crippen molar-refractivity contribution in [2.75, 3.05) is 0 Å². The van der Waals surface area contributed by atoms with E-state index in [-0.39, 0.29) is 6.04 Å². The van der Waals surface area contributed by atoms with Crippen LogP contribution in [-0.4, -0.2) is 17.3 Å². The number of carbonyl (C=O) groups is 2. The van der Waals surface area contributed by atoms with Crippen LogP contribution in [0.15, 0.2) is 60.7 Å². The highest BCUT2D eigenvalue weighted by Crippen LogP contribution is 2.18. The van der Waals surface area contributed by atoms with Crippen LogP contribution in [0.1, 0.15) is 24.1 Å². The second-order valence-electron chi connectivity index (χ2n) is 4.74. The van der Waals surface area contributed by atoms with Gasteiger partial charge in [-0.05, 0) is 18.1 Å². The van der Waals surface area contributed by atoms with Crippen LogP contribution in [0.25, 0.3) is 0 Å². The van der Waals surface area contributed by atoms with Crippen LogP contribution >= 0.6 is 0 Å². The summed E-state index contributed by atoms with van der Waals surface area (Å²) in [5.74, 6) is 0. The lowest BCUT2D eigenvalue weighted by Crippen LogP contribution is -2.40. The Morgan fingerprint density at radius 1 is 1.10 bits per heavy atom. The predicted octanol–water partition coefficient (Wildman–Crippen LogP) is 3.12. The Hall–Kier alpha value is -2.62. The third-order valence-electron chi connectivity index (χ3n) is 3.33. The number of carbonyl (C=O) groups excluding carboxylic acids is 2. The molecule has 2 aromatic carbocycles. The molecule has 3 amide bonds. The average molecular weight is 282 g/mol. The van der Waals surface area contributed by atoms with Gasteiger partial charge in [0.1, 0.15) is 0 Å². The Morgan fingerprint density at radius 3 is 2.24 bits per heavy atom. The van der Waals surface area contributed by atoms with Gasteiger partial charge in [-0.1, -0.05) is 60.7 Å². The minimum atomic E-state index is -0.398. The van der Waals surface area contributed by atoms with Crippen LogP contribution < -0.4 is 5.32 Å². The Balaban J connectivity index is 2.00. The summed E-state index contributed by atoms with van der Waals surface area (Å²) in [7, 11) is 0. The second-order valence-corrected chi connectivity index (χ2v) is 4.74. The van der Waals surface area contributed by atoms with Crippen LogP contribution in [0, 0.1) is 0 Å². The second kappa shape index (κ2) is 7.24. The quantitative estimate of drug-likeness (QED) is 0.857. The van der Waals surface area contributed by atoms with Crippen molar-refractivity contribution < 1.29 is 9.59 Å². The molecule has 0 heterocycles. The number of urea groups is 1. The van der Waals surface area contributed by atoms with Crippen LogP contribution in [-0.2, 0) is 11.3 Å². The summed E-state index contributed by atoms with van der Waals surface area (Å²) < 4.78 is 0. The molecule has 0 aliphatic rings. The van der Waals surface area contributed by atoms with Gasteiger partial charge in [-0.25, -0.2) is 4.79 Å². The molecule has 0 fully saturated rings. The number of nitrogens with zero attached hydrogens (tertiary/aromatic N) is 1. The van der Waals surface area contributed by atoms with Crippen LogP contribution in [0.3, 0.4) is 0 Å². The van der Waals surface area contributed by atoms with Crippen molar-refractivity contribution in [2.24, 2.45) is 0 Å². The van der Waals surface area contributed by atoms with Crippen molar-refractivity contribution in [1.82, 2.24) is 10.2 Å². The summed E-state index contributed by atoms with van der Waals surface area (Å²) >= 11 is 0. The van der Waals surface area contributed by atoms with Crippen molar-refractivity contribution >= 4 is 12.4 Å². The van der Waals surface area contributed by atoms with Gasteiger partial charge < -0.3 is 5.32 Å². The third-order valence-corrected chi connectivity index (χ3v) is 3.33. The molecule has 0 bridgehead atoms. The molecule has 0 saturated heterocycles. The maximum absolute atomic E-state index is 12.1. The van der Waals surface area contributed by atoms with Gasteiger partial charge in [0.15, 0.2) is 0 Å². The van der Waals surface area contributed by atoms with E-state index in [1.807, 2.05) is 67.6 Å². The zero-order valence-electron chi connectivity index (χ0n) is 11.9. The molecule has 2 aromatic rings. The highest BCUT2D eigenvalue weighted by molar-refractivity contribution is 5.85. The molecule has 21 heavy (non-hydrogen) atoms. The Labute approximate surface area is 124 Å². The van der Waals surface area contributed by atoms with Crippen molar-refractivity contribution in [3.8, 4) is 0 Å². The van der Waals surface area contributed by atoms with E-state index in [2.05, 4.69) is 5.32 Å². The maximum Gasteiger partial charge on any atom is 0.324 e. The number of rotatable bonds is 5. The zero-order valence-corrected chi connectivity index (χ0v) is 11.9. The first-order valence-corrected chi connectivity index (χ1v) is 6.82. The fourth-order valence-corrected chi connectivity index (χ4v) is 2.07. The predicted molar refractivity (Wildman–Crippen MR) is 81.4 cm³/mol. The Bertz CT molecular complexity index is 584. The molecule has 1 unspecified atom stereocenters. The molecule has 4 heteroatoms. The maximum atomic E-state index is 12.1. The van der Waals surface area contributed by atoms with E-state index in [0.29, 0.717) is 13.0 Å². The van der Waals surface area contributed by atoms with Gasteiger partial charge >= 0.3 is 6.03 Å². The molecule has 0 radical (unpaired) electrons. The first-order valence-electron chi connectivity index (χ1n) is 6.82. The van der Waals surface area contributed by atoms with Crippen molar-refractivity contribution in [3.63, 3.8) is 0 Å². The number of imide groups is 1. The SMILES string of the molecule is CC(c1ccccc1)N(C=O)C(=O)NCc1ccccc1. The molecule has 1 N–H and O–H groups in total. The lowest BCUT2D eigenvalue weighted by atomic mass is 10.1. The number of benzene rings is 2. The van der Waals surface area contributed by atoms with E-state index in [4.69, 9.17) is 0 Å². The van der Waals surface area contributed by atoms with E-state index in [1.165, 1.54) is 0 Å². The van der Waals surface area contributed by atoms with Crippen molar-refractivity contribution in [1.29, 1.82) is 0 Å². The topological polar surface area (TPSA) is 49.4 Å². The molecule has 0 saturated carbocycles. The number of hydrogen-bond donors (Lipinski definition) is 1. The fraction of sp³-hybridized carbons (Fsp3) is 0.176. The fourth-order valence-electron chi connectivity index (χ4n) is 2.07. The lowest BCUT2D eigenvalue weighted by Gasteiger charge is -2.24. The number of hydrogen-bond acceptors (Lipinski definition) is 2. The molecule has 108 valence electrons. The molecular formula is C17H18N2O2. The lowest BCUT2D eigenvalue weighted by molar-refractivity contribution is -0.117. The minimum Gasteiger partial charge on any atom is -0.334 e. The highest BCUT2D eigenvalue weighted by atomic mass is 16.2. The summed E-state index contributed by atoms with van der Waals surface area (Å²) in [6, 6.07) is 18.3. The van der Waals surface area contributed by atoms with Gasteiger partial charge in [-0.2, -0.15) is 0 Å². The Kier molecular flexibility index (Phi) is 5.10. The first kappa shape index (κ1) is 14.8. The third kappa shape index (κ3) is 3.92. The van der Waals surface area contributed by atoms with Gasteiger partial charge in [0, 0.05) is 6.54 Å². The van der Waals surface area contributed by atoms with Gasteiger partial charge in [0.2, 0.25) is 6.41 Å². The summed E-state index contributed by atoms with van der Waals surface area (Å²) in [4.78, 5) is 24.5. The van der Waals surface area contributed by atoms with Crippen molar-refractivity contribution in [3.05, 3.63) is 71.8 Å². The van der Waals surface area contributed by atoms with Gasteiger partial charge in [0.25, 0.3) is 0 Å². The summed E-state index contributed by atoms with van der Waals surface area (Å²) in [6.45, 7) is 2.22.